The van der Waals surface area contributed by atoms with Crippen molar-refractivity contribution in [2.24, 2.45) is 0 Å². The normalized spacial score (nSPS) is 13.6. The fourth-order valence-electron chi connectivity index (χ4n) is 3.61. The molecule has 0 unspecified atom stereocenters. The van der Waals surface area contributed by atoms with Gasteiger partial charge in [-0.15, -0.1) is 0 Å². The summed E-state index contributed by atoms with van der Waals surface area (Å²) in [5, 5.41) is 4.98. The summed E-state index contributed by atoms with van der Waals surface area (Å²) in [5.74, 6) is 0.0357. The van der Waals surface area contributed by atoms with Gasteiger partial charge < -0.3 is 10.2 Å². The van der Waals surface area contributed by atoms with Gasteiger partial charge in [0, 0.05) is 29.9 Å². The molecule has 4 nitrogen and oxygen atoms in total. The molecule has 0 spiro atoms. The van der Waals surface area contributed by atoms with E-state index in [0.717, 1.165) is 27.7 Å². The van der Waals surface area contributed by atoms with Crippen molar-refractivity contribution in [1.29, 1.82) is 0 Å². The minimum Gasteiger partial charge on any atom is -0.322 e. The van der Waals surface area contributed by atoms with Crippen LogP contribution in [0.15, 0.2) is 60.7 Å². The number of hydrogen-bond acceptors (Lipinski definition) is 2. The highest BCUT2D eigenvalue weighted by atomic mass is 16.2. The highest BCUT2D eigenvalue weighted by molar-refractivity contribution is 6.13. The Morgan fingerprint density at radius 2 is 1.85 bits per heavy atom. The summed E-state index contributed by atoms with van der Waals surface area (Å²) in [4.78, 5) is 26.6. The maximum absolute atomic E-state index is 12.8. The van der Waals surface area contributed by atoms with Crippen molar-refractivity contribution in [3.8, 4) is 0 Å². The van der Waals surface area contributed by atoms with Crippen molar-refractivity contribution in [1.82, 2.24) is 0 Å². The third-order valence-electron chi connectivity index (χ3n) is 4.89. The van der Waals surface area contributed by atoms with Crippen LogP contribution in [-0.4, -0.2) is 18.4 Å². The molecule has 1 heterocycles. The fourth-order valence-corrected chi connectivity index (χ4v) is 3.61. The number of rotatable bonds is 3. The first kappa shape index (κ1) is 16.3. The highest BCUT2D eigenvalue weighted by Gasteiger charge is 2.23. The molecule has 0 fully saturated rings. The summed E-state index contributed by atoms with van der Waals surface area (Å²) in [5.41, 5.74) is 3.47. The van der Waals surface area contributed by atoms with Crippen LogP contribution in [0.2, 0.25) is 0 Å². The molecule has 0 bridgehead atoms. The Balaban J connectivity index is 1.63. The molecule has 0 aromatic heterocycles. The van der Waals surface area contributed by atoms with E-state index in [1.807, 2.05) is 67.6 Å². The summed E-state index contributed by atoms with van der Waals surface area (Å²) in [6, 6.07) is 19.4. The topological polar surface area (TPSA) is 49.4 Å². The predicted octanol–water partition coefficient (Wildman–Crippen LogP) is 4.39. The van der Waals surface area contributed by atoms with E-state index in [2.05, 4.69) is 5.32 Å². The Morgan fingerprint density at radius 1 is 1.04 bits per heavy atom. The van der Waals surface area contributed by atoms with Gasteiger partial charge in [0.2, 0.25) is 5.91 Å². The van der Waals surface area contributed by atoms with Gasteiger partial charge in [-0.3, -0.25) is 9.59 Å². The average Bonchev–Trinajstić information content (AvgIpc) is 2.67. The van der Waals surface area contributed by atoms with Crippen molar-refractivity contribution >= 4 is 34.0 Å². The van der Waals surface area contributed by atoms with Crippen LogP contribution in [-0.2, 0) is 11.2 Å². The van der Waals surface area contributed by atoms with Gasteiger partial charge >= 0.3 is 0 Å². The van der Waals surface area contributed by atoms with E-state index in [1.54, 1.807) is 4.90 Å². The first-order chi connectivity index (χ1) is 12.7. The number of carbonyl (C=O) groups is 2. The lowest BCUT2D eigenvalue weighted by molar-refractivity contribution is -0.118. The third kappa shape index (κ3) is 2.84. The average molecular weight is 344 g/mol. The van der Waals surface area contributed by atoms with Crippen molar-refractivity contribution in [3.05, 3.63) is 71.8 Å². The van der Waals surface area contributed by atoms with Crippen LogP contribution >= 0.6 is 0 Å². The van der Waals surface area contributed by atoms with Gasteiger partial charge in [0.1, 0.15) is 0 Å². The zero-order valence-corrected chi connectivity index (χ0v) is 14.7. The number of anilines is 2. The Bertz CT molecular complexity index is 1000. The maximum atomic E-state index is 12.8. The molecular weight excluding hydrogens is 324 g/mol. The van der Waals surface area contributed by atoms with Crippen LogP contribution in [0.25, 0.3) is 10.8 Å². The molecule has 4 heteroatoms. The minimum absolute atomic E-state index is 0.124. The highest BCUT2D eigenvalue weighted by Crippen LogP contribution is 2.30. The van der Waals surface area contributed by atoms with Crippen LogP contribution in [0.5, 0.6) is 0 Å². The Morgan fingerprint density at radius 3 is 2.69 bits per heavy atom. The second-order valence-corrected chi connectivity index (χ2v) is 6.46. The van der Waals surface area contributed by atoms with E-state index in [4.69, 9.17) is 0 Å². The number of nitrogens with one attached hydrogen (secondary N) is 1. The molecule has 26 heavy (non-hydrogen) atoms. The van der Waals surface area contributed by atoms with Gasteiger partial charge in [-0.25, -0.2) is 0 Å². The molecule has 1 N–H and O–H groups in total. The first-order valence-corrected chi connectivity index (χ1v) is 8.90. The number of fused-ring (bicyclic) bond motifs is 2. The number of carbonyl (C=O) groups excluding carboxylic acids is 2. The van der Waals surface area contributed by atoms with Gasteiger partial charge in [0.15, 0.2) is 0 Å². The van der Waals surface area contributed by atoms with Gasteiger partial charge in [-0.2, -0.15) is 0 Å². The second kappa shape index (κ2) is 6.64. The number of benzene rings is 3. The van der Waals surface area contributed by atoms with Crippen LogP contribution in [0.4, 0.5) is 11.4 Å². The quantitative estimate of drug-likeness (QED) is 0.766. The number of aryl methyl sites for hydroxylation is 1. The van der Waals surface area contributed by atoms with E-state index in [1.165, 1.54) is 0 Å². The zero-order valence-electron chi connectivity index (χ0n) is 14.7. The molecule has 1 aliphatic heterocycles. The minimum atomic E-state index is -0.124. The van der Waals surface area contributed by atoms with Crippen LogP contribution in [0.1, 0.15) is 29.3 Å². The third-order valence-corrected chi connectivity index (χ3v) is 4.89. The summed E-state index contributed by atoms with van der Waals surface area (Å²) in [6.07, 6.45) is 1.23. The molecule has 0 saturated heterocycles. The van der Waals surface area contributed by atoms with Crippen molar-refractivity contribution in [2.45, 2.75) is 19.8 Å². The van der Waals surface area contributed by atoms with Crippen LogP contribution < -0.4 is 10.2 Å². The zero-order chi connectivity index (χ0) is 18.1. The van der Waals surface area contributed by atoms with E-state index >= 15 is 0 Å². The Hall–Kier alpha value is -3.14. The van der Waals surface area contributed by atoms with Gasteiger partial charge in [0.05, 0.1) is 0 Å². The molecule has 0 aliphatic carbocycles. The van der Waals surface area contributed by atoms with Crippen molar-refractivity contribution in [3.63, 3.8) is 0 Å². The van der Waals surface area contributed by atoms with Crippen molar-refractivity contribution < 1.29 is 9.59 Å². The van der Waals surface area contributed by atoms with E-state index in [0.29, 0.717) is 24.9 Å². The summed E-state index contributed by atoms with van der Waals surface area (Å²) in [6.45, 7) is 2.64. The fraction of sp³-hybridized carbons (Fsp3) is 0.182. The van der Waals surface area contributed by atoms with E-state index in [-0.39, 0.29) is 11.8 Å². The lowest BCUT2D eigenvalue weighted by Gasteiger charge is -2.28. The Kier molecular flexibility index (Phi) is 4.17. The monoisotopic (exact) mass is 344 g/mol. The molecule has 130 valence electrons. The van der Waals surface area contributed by atoms with Gasteiger partial charge in [-0.1, -0.05) is 36.4 Å². The molecule has 0 atom stereocenters. The molecule has 3 aromatic rings. The van der Waals surface area contributed by atoms with E-state index in [9.17, 15) is 9.59 Å². The number of nitrogens with zero attached hydrogens (tertiary/aromatic N) is 1. The molecular formula is C22H20N2O2. The molecule has 0 saturated carbocycles. The predicted molar refractivity (Wildman–Crippen MR) is 105 cm³/mol. The Labute approximate surface area is 152 Å². The second-order valence-electron chi connectivity index (χ2n) is 6.46. The van der Waals surface area contributed by atoms with Gasteiger partial charge in [-0.05, 0) is 53.9 Å². The largest absolute Gasteiger partial charge is 0.322 e. The maximum Gasteiger partial charge on any atom is 0.256 e. The smallest absolute Gasteiger partial charge is 0.256 e. The molecule has 0 radical (unpaired) electrons. The molecule has 4 rings (SSSR count). The first-order valence-electron chi connectivity index (χ1n) is 8.90. The SMILES string of the molecule is CCN1C(=O)CCc2cc(NC(=O)c3cccc4ccccc34)ccc21. The lowest BCUT2D eigenvalue weighted by Crippen LogP contribution is -2.34. The van der Waals surface area contributed by atoms with Gasteiger partial charge in [0.25, 0.3) is 5.91 Å². The molecule has 2 amide bonds. The standard InChI is InChI=1S/C22H20N2O2/c1-2-24-20-12-11-17(14-16(20)10-13-21(24)25)23-22(26)19-9-5-7-15-6-3-4-8-18(15)19/h3-9,11-12,14H,2,10,13H2,1H3,(H,23,26). The molecule has 1 aliphatic rings. The summed E-state index contributed by atoms with van der Waals surface area (Å²) in [7, 11) is 0. The number of amides is 2. The molecule has 3 aromatic carbocycles. The van der Waals surface area contributed by atoms with E-state index < -0.39 is 0 Å². The van der Waals surface area contributed by atoms with Crippen LogP contribution in [0.3, 0.4) is 0 Å². The van der Waals surface area contributed by atoms with Crippen molar-refractivity contribution in [2.75, 3.05) is 16.8 Å². The lowest BCUT2D eigenvalue weighted by atomic mass is 10.00. The number of hydrogen-bond donors (Lipinski definition) is 1. The summed E-state index contributed by atoms with van der Waals surface area (Å²) >= 11 is 0. The van der Waals surface area contributed by atoms with Crippen LogP contribution in [0, 0.1) is 0 Å². The summed E-state index contributed by atoms with van der Waals surface area (Å²) < 4.78 is 0.